The number of H-pyrrole nitrogens is 1. The Kier molecular flexibility index (Phi) is 16.4. The minimum absolute atomic E-state index is 0.107. The van der Waals surface area contributed by atoms with E-state index in [1.807, 2.05) is 75.3 Å². The molecular weight excluding hydrogens is 837 g/mol. The lowest BCUT2D eigenvalue weighted by atomic mass is 9.59. The van der Waals surface area contributed by atoms with Gasteiger partial charge >= 0.3 is 11.9 Å². The lowest BCUT2D eigenvalue weighted by Crippen LogP contribution is -2.50. The number of nitrogens with zero attached hydrogens (tertiary/aromatic N) is 1. The van der Waals surface area contributed by atoms with Gasteiger partial charge in [0.25, 0.3) is 0 Å². The van der Waals surface area contributed by atoms with Crippen molar-refractivity contribution in [2.45, 2.75) is 210 Å². The number of ether oxygens (including phenoxy) is 2. The molecule has 1 aliphatic heterocycles. The van der Waals surface area contributed by atoms with Gasteiger partial charge in [-0.05, 0) is 88.2 Å². The zero-order valence-electron chi connectivity index (χ0n) is 46.6. The number of nitrogens with one attached hydrogen (secondary N) is 3. The van der Waals surface area contributed by atoms with E-state index in [0.29, 0.717) is 34.4 Å². The van der Waals surface area contributed by atoms with E-state index in [2.05, 4.69) is 113 Å². The molecule has 67 heavy (non-hydrogen) atoms. The first-order valence-corrected chi connectivity index (χ1v) is 25.5. The van der Waals surface area contributed by atoms with Crippen LogP contribution in [-0.4, -0.2) is 46.8 Å². The van der Waals surface area contributed by atoms with E-state index in [-0.39, 0.29) is 104 Å². The molecule has 0 saturated heterocycles. The topological polar surface area (TPSA) is 139 Å². The largest absolute Gasteiger partial charge is 0.458 e. The Balaban J connectivity index is 2.02. The third-order valence-corrected chi connectivity index (χ3v) is 14.9. The predicted octanol–water partition coefficient (Wildman–Crippen LogP) is 13.9. The molecule has 2 aliphatic carbocycles. The molecule has 10 nitrogen and oxygen atoms in total. The first-order chi connectivity index (χ1) is 30.2. The number of amides is 2. The van der Waals surface area contributed by atoms with Gasteiger partial charge in [-0.2, -0.15) is 0 Å². The van der Waals surface area contributed by atoms with Crippen LogP contribution in [0.5, 0.6) is 0 Å². The van der Waals surface area contributed by atoms with Gasteiger partial charge in [0.1, 0.15) is 35.0 Å². The number of carbonyl (C=O) groups excluding carboxylic acids is 4. The highest BCUT2D eigenvalue weighted by atomic mass is 16.5. The van der Waals surface area contributed by atoms with Crippen LogP contribution in [0.15, 0.2) is 21.8 Å². The number of allylic oxidation sites excluding steroid dienone is 1. The Hall–Kier alpha value is -3.69. The van der Waals surface area contributed by atoms with Crippen molar-refractivity contribution in [3.8, 4) is 0 Å². The van der Waals surface area contributed by atoms with Crippen LogP contribution in [0.1, 0.15) is 219 Å². The SMILES string of the molecule is CC1CC(C(C)(C)C)C(OC(=O)C2=C(C(C)C)/C(=C/c3[nH]c(NC(=O)C(C)(C)C)c(C(=O)OC4C(C(C)(C)C)CC(C)CC4C(C)(C)C)c3C(C)C)N=C2NC(=O)C(C)(C)C)C(C(C)(C)C)C1. The molecule has 2 fully saturated rings. The molecule has 0 spiro atoms. The van der Waals surface area contributed by atoms with Gasteiger partial charge in [-0.1, -0.05) is 166 Å². The highest BCUT2D eigenvalue weighted by Gasteiger charge is 2.51. The van der Waals surface area contributed by atoms with Crippen LogP contribution in [0.2, 0.25) is 0 Å². The lowest BCUT2D eigenvalue weighted by molar-refractivity contribution is -0.164. The van der Waals surface area contributed by atoms with E-state index < -0.39 is 22.8 Å². The molecule has 2 saturated carbocycles. The summed E-state index contributed by atoms with van der Waals surface area (Å²) in [5.41, 5.74) is 0.747. The van der Waals surface area contributed by atoms with E-state index in [1.165, 1.54) is 0 Å². The summed E-state index contributed by atoms with van der Waals surface area (Å²) in [6.45, 7) is 50.4. The van der Waals surface area contributed by atoms with E-state index in [9.17, 15) is 9.59 Å². The van der Waals surface area contributed by atoms with Crippen molar-refractivity contribution in [1.82, 2.24) is 10.3 Å². The standard InChI is InChI=1S/C57H94N4O6/c1-30(2)40-38(58-46(60-50(64)56(19,20)21)42(40)48(62)66-44-34(52(7,8)9)25-32(5)26-35(44)53(10,11)12)29-39-41(31(3)4)43(47(59-39)61-51(65)57(22,23)24)49(63)67-45-36(54(13,14)15)27-33(6)28-37(45)55(16,17)18/h29-37,44-45,58H,25-28H2,1-24H3,(H,60,64)(H,59,61,65)/b39-29-. The van der Waals surface area contributed by atoms with E-state index in [0.717, 1.165) is 25.7 Å². The maximum atomic E-state index is 15.2. The summed E-state index contributed by atoms with van der Waals surface area (Å²) in [7, 11) is 0. The van der Waals surface area contributed by atoms with Crippen molar-refractivity contribution in [2.75, 3.05) is 5.32 Å². The second-order valence-electron chi connectivity index (χ2n) is 28.0. The molecule has 4 rings (SSSR count). The van der Waals surface area contributed by atoms with Crippen molar-refractivity contribution in [2.24, 2.45) is 78.9 Å². The van der Waals surface area contributed by atoms with Gasteiger partial charge < -0.3 is 25.1 Å². The van der Waals surface area contributed by atoms with Crippen molar-refractivity contribution in [3.05, 3.63) is 33.7 Å². The van der Waals surface area contributed by atoms with E-state index in [4.69, 9.17) is 14.5 Å². The lowest BCUT2D eigenvalue weighted by Gasteiger charge is -2.50. The summed E-state index contributed by atoms with van der Waals surface area (Å²) >= 11 is 0. The molecule has 1 aromatic heterocycles. The summed E-state index contributed by atoms with van der Waals surface area (Å²) in [6.07, 6.45) is 4.90. The molecule has 4 atom stereocenters. The Bertz CT molecular complexity index is 2060. The summed E-state index contributed by atoms with van der Waals surface area (Å²) < 4.78 is 13.7. The molecule has 1 aromatic rings. The van der Waals surface area contributed by atoms with Crippen LogP contribution in [0.4, 0.5) is 5.82 Å². The predicted molar refractivity (Wildman–Crippen MR) is 275 cm³/mol. The molecule has 0 radical (unpaired) electrons. The molecule has 0 bridgehead atoms. The third kappa shape index (κ3) is 12.9. The summed E-state index contributed by atoms with van der Waals surface area (Å²) in [6, 6.07) is 0. The van der Waals surface area contributed by atoms with Gasteiger partial charge in [-0.3, -0.25) is 9.59 Å². The van der Waals surface area contributed by atoms with Gasteiger partial charge in [0, 0.05) is 40.2 Å². The Morgan fingerprint density at radius 3 is 1.30 bits per heavy atom. The minimum atomic E-state index is -0.787. The molecule has 2 heterocycles. The number of anilines is 1. The number of hydrogen-bond donors (Lipinski definition) is 3. The van der Waals surface area contributed by atoms with Crippen molar-refractivity contribution >= 4 is 41.5 Å². The molecule has 3 N–H and O–H groups in total. The molecule has 4 unspecified atom stereocenters. The van der Waals surface area contributed by atoms with Crippen LogP contribution in [0, 0.1) is 73.9 Å². The number of hydrogen-bond acceptors (Lipinski definition) is 7. The highest BCUT2D eigenvalue weighted by molar-refractivity contribution is 6.26. The Labute approximate surface area is 406 Å². The van der Waals surface area contributed by atoms with Gasteiger partial charge in [-0.25, -0.2) is 14.6 Å². The maximum Gasteiger partial charge on any atom is 0.342 e. The number of aliphatic imine (C=N–C) groups is 1. The Morgan fingerprint density at radius 2 is 0.955 bits per heavy atom. The van der Waals surface area contributed by atoms with Crippen LogP contribution in [0.3, 0.4) is 0 Å². The fraction of sp³-hybridized carbons (Fsp3) is 0.772. The van der Waals surface area contributed by atoms with Crippen LogP contribution in [0.25, 0.3) is 6.08 Å². The normalized spacial score (nSPS) is 26.5. The number of carbonyl (C=O) groups is 4. The number of rotatable bonds is 8. The van der Waals surface area contributed by atoms with Crippen molar-refractivity contribution in [3.63, 3.8) is 0 Å². The fourth-order valence-corrected chi connectivity index (χ4v) is 10.9. The summed E-state index contributed by atoms with van der Waals surface area (Å²) in [4.78, 5) is 66.6. The summed E-state index contributed by atoms with van der Waals surface area (Å²) in [5, 5.41) is 6.13. The van der Waals surface area contributed by atoms with Crippen LogP contribution in [-0.2, 0) is 23.9 Å². The van der Waals surface area contributed by atoms with Crippen LogP contribution < -0.4 is 10.6 Å². The number of aromatic nitrogens is 1. The van der Waals surface area contributed by atoms with Gasteiger partial charge in [0.2, 0.25) is 11.8 Å². The maximum absolute atomic E-state index is 15.2. The van der Waals surface area contributed by atoms with Gasteiger partial charge in [-0.15, -0.1) is 0 Å². The molecular formula is C57H94N4O6. The Morgan fingerprint density at radius 1 is 0.582 bits per heavy atom. The highest BCUT2D eigenvalue weighted by Crippen LogP contribution is 2.52. The quantitative estimate of drug-likeness (QED) is 0.222. The monoisotopic (exact) mass is 931 g/mol. The minimum Gasteiger partial charge on any atom is -0.458 e. The van der Waals surface area contributed by atoms with Gasteiger partial charge in [0.05, 0.1) is 5.70 Å². The summed E-state index contributed by atoms with van der Waals surface area (Å²) in [5.74, 6) is -0.200. The first kappa shape index (κ1) is 55.9. The van der Waals surface area contributed by atoms with Gasteiger partial charge in [0.15, 0.2) is 0 Å². The van der Waals surface area contributed by atoms with E-state index in [1.54, 1.807) is 0 Å². The van der Waals surface area contributed by atoms with Crippen molar-refractivity contribution < 1.29 is 28.7 Å². The molecule has 10 heteroatoms. The smallest absolute Gasteiger partial charge is 0.342 e. The number of esters is 2. The molecule has 3 aliphatic rings. The average molecular weight is 931 g/mol. The first-order valence-electron chi connectivity index (χ1n) is 25.5. The van der Waals surface area contributed by atoms with E-state index >= 15 is 9.59 Å². The molecule has 2 amide bonds. The second-order valence-corrected chi connectivity index (χ2v) is 28.0. The van der Waals surface area contributed by atoms with Crippen molar-refractivity contribution in [1.29, 1.82) is 0 Å². The second kappa shape index (κ2) is 19.6. The zero-order valence-corrected chi connectivity index (χ0v) is 46.6. The fourth-order valence-electron chi connectivity index (χ4n) is 10.9. The average Bonchev–Trinajstić information content (AvgIpc) is 3.67. The molecule has 0 aromatic carbocycles. The molecule has 378 valence electrons. The number of aromatic amines is 1. The van der Waals surface area contributed by atoms with Crippen LogP contribution >= 0.6 is 0 Å². The third-order valence-electron chi connectivity index (χ3n) is 14.9. The number of amidine groups is 1. The zero-order chi connectivity index (χ0) is 51.5.